The number of anilines is 1. The summed E-state index contributed by atoms with van der Waals surface area (Å²) in [5, 5.41) is 2.73. The molecule has 1 rings (SSSR count). The molecule has 6 heavy (non-hydrogen) atoms. The van der Waals surface area contributed by atoms with Crippen LogP contribution in [0.1, 0.15) is 0 Å². The van der Waals surface area contributed by atoms with Gasteiger partial charge in [-0.1, -0.05) is 0 Å². The molecule has 3 heteroatoms. The van der Waals surface area contributed by atoms with Gasteiger partial charge in [-0.25, -0.2) is 0 Å². The summed E-state index contributed by atoms with van der Waals surface area (Å²) in [6.45, 7) is 0. The Hall–Kier alpha value is -0.570. The summed E-state index contributed by atoms with van der Waals surface area (Å²) in [7, 11) is 0. The third-order valence-corrected chi connectivity index (χ3v) is 0.936. The van der Waals surface area contributed by atoms with Crippen molar-refractivity contribution >= 4 is 17.4 Å². The van der Waals surface area contributed by atoms with Gasteiger partial charge in [-0.2, -0.15) is 4.37 Å². The van der Waals surface area contributed by atoms with Crippen molar-refractivity contribution in [1.29, 1.82) is 0 Å². The summed E-state index contributed by atoms with van der Waals surface area (Å²) in [6.07, 6.45) is 0. The molecule has 1 aromatic heterocycles. The molecule has 0 aromatic carbocycles. The molecule has 2 nitrogen and oxygen atoms in total. The molecule has 0 saturated heterocycles. The minimum Gasteiger partial charge on any atom is -0.383 e. The predicted molar refractivity (Wildman–Crippen MR) is 25.4 cm³/mol. The van der Waals surface area contributed by atoms with Gasteiger partial charge in [0.1, 0.15) is 5.82 Å². The minimum absolute atomic E-state index is 0.556. The van der Waals surface area contributed by atoms with Crippen molar-refractivity contribution in [2.45, 2.75) is 0 Å². The van der Waals surface area contributed by atoms with Crippen LogP contribution >= 0.6 is 11.5 Å². The molecule has 2 N–H and O–H groups in total. The van der Waals surface area contributed by atoms with E-state index in [1.807, 2.05) is 0 Å². The highest BCUT2D eigenvalue weighted by Crippen LogP contribution is 1.96. The van der Waals surface area contributed by atoms with Crippen molar-refractivity contribution < 1.29 is 0 Å². The maximum absolute atomic E-state index is 5.15. The second-order valence-corrected chi connectivity index (χ2v) is 1.47. The fraction of sp³-hybridized carbons (Fsp3) is 0. The fourth-order valence-corrected chi connectivity index (χ4v) is 0.576. The standard InChI is InChI=1S/C3H3N2S/c4-3-1-2-6-5-3/h1H,(H2,4,5). The van der Waals surface area contributed by atoms with Gasteiger partial charge in [0.2, 0.25) is 0 Å². The van der Waals surface area contributed by atoms with E-state index >= 15 is 0 Å². The van der Waals surface area contributed by atoms with Gasteiger partial charge in [-0.05, 0) is 11.5 Å². The summed E-state index contributed by atoms with van der Waals surface area (Å²) in [4.78, 5) is 0. The maximum atomic E-state index is 5.15. The highest BCUT2D eigenvalue weighted by atomic mass is 32.1. The van der Waals surface area contributed by atoms with Crippen LogP contribution in [0.2, 0.25) is 0 Å². The molecular formula is C3H3N2S. The predicted octanol–water partition coefficient (Wildman–Crippen LogP) is 0.525. The van der Waals surface area contributed by atoms with Gasteiger partial charge in [0, 0.05) is 6.07 Å². The summed E-state index contributed by atoms with van der Waals surface area (Å²) >= 11 is 1.24. The van der Waals surface area contributed by atoms with Gasteiger partial charge in [0.25, 0.3) is 0 Å². The Morgan fingerprint density at radius 3 is 3.00 bits per heavy atom. The molecule has 0 spiro atoms. The SMILES string of the molecule is Nc1c[c]sn1. The Balaban J connectivity index is 3.05. The maximum Gasteiger partial charge on any atom is 0.137 e. The van der Waals surface area contributed by atoms with Gasteiger partial charge in [-0.15, -0.1) is 0 Å². The van der Waals surface area contributed by atoms with E-state index in [9.17, 15) is 0 Å². The molecule has 0 unspecified atom stereocenters. The first-order chi connectivity index (χ1) is 2.89. The van der Waals surface area contributed by atoms with E-state index in [4.69, 9.17) is 5.73 Å². The number of nitrogens with zero attached hydrogens (tertiary/aromatic N) is 1. The molecule has 0 amide bonds. The van der Waals surface area contributed by atoms with Gasteiger partial charge in [-0.3, -0.25) is 0 Å². The lowest BCUT2D eigenvalue weighted by atomic mass is 10.7. The van der Waals surface area contributed by atoms with Crippen LogP contribution in [0.5, 0.6) is 0 Å². The van der Waals surface area contributed by atoms with Crippen molar-refractivity contribution in [2.75, 3.05) is 5.73 Å². The topological polar surface area (TPSA) is 38.9 Å². The number of hydrogen-bond donors (Lipinski definition) is 1. The fourth-order valence-electron chi connectivity index (χ4n) is 0.192. The second-order valence-electron chi connectivity index (χ2n) is 0.870. The van der Waals surface area contributed by atoms with Gasteiger partial charge < -0.3 is 5.73 Å². The second kappa shape index (κ2) is 1.26. The first-order valence-corrected chi connectivity index (χ1v) is 2.25. The number of nitrogens with two attached hydrogens (primary N) is 1. The summed E-state index contributed by atoms with van der Waals surface area (Å²) in [5.74, 6) is 0.556. The van der Waals surface area contributed by atoms with E-state index in [2.05, 4.69) is 9.75 Å². The Labute approximate surface area is 39.8 Å². The zero-order valence-corrected chi connectivity index (χ0v) is 3.83. The van der Waals surface area contributed by atoms with Crippen LogP contribution in [0.4, 0.5) is 5.82 Å². The quantitative estimate of drug-likeness (QED) is 0.515. The lowest BCUT2D eigenvalue weighted by molar-refractivity contribution is 1.57. The van der Waals surface area contributed by atoms with Gasteiger partial charge >= 0.3 is 0 Å². The van der Waals surface area contributed by atoms with Gasteiger partial charge in [0.15, 0.2) is 0 Å². The molecule has 31 valence electrons. The van der Waals surface area contributed by atoms with E-state index in [-0.39, 0.29) is 0 Å². The molecule has 1 radical (unpaired) electrons. The zero-order chi connectivity index (χ0) is 4.41. The van der Waals surface area contributed by atoms with Crippen molar-refractivity contribution in [3.05, 3.63) is 11.4 Å². The number of hydrogen-bond acceptors (Lipinski definition) is 3. The molecule has 1 heterocycles. The van der Waals surface area contributed by atoms with Crippen LogP contribution in [0.15, 0.2) is 6.07 Å². The average Bonchev–Trinajstić information content (AvgIpc) is 1.86. The Morgan fingerprint density at radius 1 is 2.00 bits per heavy atom. The molecule has 0 bridgehead atoms. The lowest BCUT2D eigenvalue weighted by Crippen LogP contribution is -1.78. The Kier molecular flexibility index (Phi) is 0.759. The third kappa shape index (κ3) is 0.490. The number of nitrogen functional groups attached to an aromatic ring is 1. The van der Waals surface area contributed by atoms with Crippen LogP contribution in [-0.2, 0) is 0 Å². The normalized spacial score (nSPS) is 8.67. The smallest absolute Gasteiger partial charge is 0.137 e. The molecule has 0 aliphatic carbocycles. The molecule has 0 aliphatic rings. The number of rotatable bonds is 0. The first-order valence-electron chi connectivity index (χ1n) is 1.48. The van der Waals surface area contributed by atoms with Crippen LogP contribution in [0.25, 0.3) is 0 Å². The van der Waals surface area contributed by atoms with Crippen LogP contribution < -0.4 is 5.73 Å². The van der Waals surface area contributed by atoms with E-state index < -0.39 is 0 Å². The van der Waals surface area contributed by atoms with E-state index in [0.717, 1.165) is 0 Å². The molecule has 0 aliphatic heterocycles. The monoisotopic (exact) mass is 99.0 g/mol. The van der Waals surface area contributed by atoms with Crippen molar-refractivity contribution in [1.82, 2.24) is 4.37 Å². The number of aromatic nitrogens is 1. The highest BCUT2D eigenvalue weighted by Gasteiger charge is 1.77. The molecule has 1 aromatic rings. The van der Waals surface area contributed by atoms with Crippen molar-refractivity contribution in [3.8, 4) is 0 Å². The van der Waals surface area contributed by atoms with E-state index in [1.165, 1.54) is 11.5 Å². The molecular weight excluding hydrogens is 96.1 g/mol. The zero-order valence-electron chi connectivity index (χ0n) is 3.01. The molecule has 0 saturated carbocycles. The molecule has 0 fully saturated rings. The van der Waals surface area contributed by atoms with E-state index in [1.54, 1.807) is 6.07 Å². The van der Waals surface area contributed by atoms with Crippen molar-refractivity contribution in [3.63, 3.8) is 0 Å². The summed E-state index contributed by atoms with van der Waals surface area (Å²) in [5.41, 5.74) is 5.15. The largest absolute Gasteiger partial charge is 0.383 e. The Bertz CT molecular complexity index is 112. The van der Waals surface area contributed by atoms with Crippen LogP contribution in [0, 0.1) is 5.38 Å². The summed E-state index contributed by atoms with van der Waals surface area (Å²) < 4.78 is 3.68. The van der Waals surface area contributed by atoms with Crippen LogP contribution in [0.3, 0.4) is 0 Å². The van der Waals surface area contributed by atoms with Gasteiger partial charge in [0.05, 0.1) is 5.38 Å². The highest BCUT2D eigenvalue weighted by molar-refractivity contribution is 7.03. The average molecular weight is 99.1 g/mol. The van der Waals surface area contributed by atoms with E-state index in [0.29, 0.717) is 5.82 Å². The lowest BCUT2D eigenvalue weighted by Gasteiger charge is -1.67. The molecule has 0 atom stereocenters. The summed E-state index contributed by atoms with van der Waals surface area (Å²) in [6, 6.07) is 1.64. The Morgan fingerprint density at radius 2 is 2.83 bits per heavy atom. The van der Waals surface area contributed by atoms with Crippen molar-refractivity contribution in [2.24, 2.45) is 0 Å². The first kappa shape index (κ1) is 3.61. The van der Waals surface area contributed by atoms with Crippen LogP contribution in [-0.4, -0.2) is 4.37 Å². The third-order valence-electron chi connectivity index (χ3n) is 0.411. The minimum atomic E-state index is 0.556.